The molecule has 1 aliphatic carbocycles. The lowest BCUT2D eigenvalue weighted by molar-refractivity contribution is 0.306. The third-order valence-electron chi connectivity index (χ3n) is 3.89. The van der Waals surface area contributed by atoms with Crippen LogP contribution in [0.1, 0.15) is 5.56 Å². The normalized spacial score (nSPS) is 10.9. The van der Waals surface area contributed by atoms with E-state index >= 15 is 0 Å². The third kappa shape index (κ3) is 3.17. The lowest BCUT2D eigenvalue weighted by Gasteiger charge is -2.09. The van der Waals surface area contributed by atoms with Crippen molar-refractivity contribution in [1.29, 1.82) is 0 Å². The predicted octanol–water partition coefficient (Wildman–Crippen LogP) is 3.88. The highest BCUT2D eigenvalue weighted by molar-refractivity contribution is 5.77. The number of nitrogens with zero attached hydrogens (tertiary/aromatic N) is 1. The quantitative estimate of drug-likeness (QED) is 0.530. The Kier molecular flexibility index (Phi) is 3.82. The molecule has 0 bridgehead atoms. The van der Waals surface area contributed by atoms with E-state index in [-0.39, 0.29) is 5.43 Å². The van der Waals surface area contributed by atoms with Gasteiger partial charge in [0, 0.05) is 12.1 Å². The van der Waals surface area contributed by atoms with Crippen LogP contribution >= 0.6 is 0 Å². The second-order valence-electron chi connectivity index (χ2n) is 5.61. The maximum atomic E-state index is 11.5. The van der Waals surface area contributed by atoms with Gasteiger partial charge >= 0.3 is 0 Å². The van der Waals surface area contributed by atoms with E-state index in [4.69, 9.17) is 13.9 Å². The van der Waals surface area contributed by atoms with Gasteiger partial charge < -0.3 is 13.9 Å². The van der Waals surface area contributed by atoms with Gasteiger partial charge in [-0.15, -0.1) is 0 Å². The molecule has 0 aromatic heterocycles. The average Bonchev–Trinajstić information content (AvgIpc) is 2.65. The van der Waals surface area contributed by atoms with E-state index < -0.39 is 0 Å². The molecule has 1 aliphatic heterocycles. The molecule has 2 aromatic rings. The van der Waals surface area contributed by atoms with Gasteiger partial charge in [-0.25, -0.2) is 4.98 Å². The van der Waals surface area contributed by atoms with Crippen LogP contribution in [0, 0.1) is 0 Å². The molecule has 2 aliphatic rings. The van der Waals surface area contributed by atoms with Crippen molar-refractivity contribution in [3.8, 4) is 23.0 Å². The largest absolute Gasteiger partial charge is 0.497 e. The Morgan fingerprint density at radius 3 is 2.56 bits per heavy atom. The van der Waals surface area contributed by atoms with E-state index in [2.05, 4.69) is 4.98 Å². The first-order valence-electron chi connectivity index (χ1n) is 7.82. The average molecular weight is 333 g/mol. The predicted molar refractivity (Wildman–Crippen MR) is 94.2 cm³/mol. The number of ether oxygens (including phenoxy) is 2. The van der Waals surface area contributed by atoms with Crippen LogP contribution in [0.5, 0.6) is 11.5 Å². The summed E-state index contributed by atoms with van der Waals surface area (Å²) in [4.78, 5) is 16.0. The number of hydrogen-bond donors (Lipinski definition) is 0. The molecule has 5 heteroatoms. The van der Waals surface area contributed by atoms with Crippen molar-refractivity contribution >= 4 is 11.1 Å². The summed E-state index contributed by atoms with van der Waals surface area (Å²) in [6.45, 7) is 0.432. The van der Waals surface area contributed by atoms with Crippen LogP contribution in [0.15, 0.2) is 69.9 Å². The molecular weight excluding hydrogens is 318 g/mol. The van der Waals surface area contributed by atoms with Crippen LogP contribution in [-0.2, 0) is 6.61 Å². The topological polar surface area (TPSA) is 61.6 Å². The van der Waals surface area contributed by atoms with Crippen molar-refractivity contribution in [3.05, 3.63) is 76.5 Å². The van der Waals surface area contributed by atoms with Crippen molar-refractivity contribution in [1.82, 2.24) is 4.98 Å². The molecule has 0 spiro atoms. The van der Waals surface area contributed by atoms with Crippen LogP contribution in [0.2, 0.25) is 0 Å². The van der Waals surface area contributed by atoms with Gasteiger partial charge in [-0.1, -0.05) is 12.1 Å². The first kappa shape index (κ1) is 15.2. The minimum absolute atomic E-state index is 0.107. The molecule has 4 rings (SSSR count). The van der Waals surface area contributed by atoms with E-state index in [0.29, 0.717) is 34.9 Å². The molecule has 0 saturated carbocycles. The van der Waals surface area contributed by atoms with Gasteiger partial charge in [-0.05, 0) is 42.0 Å². The molecule has 0 atom stereocenters. The summed E-state index contributed by atoms with van der Waals surface area (Å²) in [5.41, 5.74) is 2.86. The molecule has 2 aromatic carbocycles. The molecule has 0 amide bonds. The molecule has 124 valence electrons. The fourth-order valence-electron chi connectivity index (χ4n) is 2.56. The van der Waals surface area contributed by atoms with E-state index in [1.807, 2.05) is 36.4 Å². The summed E-state index contributed by atoms with van der Waals surface area (Å²) in [5.74, 6) is 1.95. The molecule has 0 N–H and O–H groups in total. The summed E-state index contributed by atoms with van der Waals surface area (Å²) in [6, 6.07) is 17.7. The summed E-state index contributed by atoms with van der Waals surface area (Å²) < 4.78 is 16.8. The molecule has 0 radical (unpaired) electrons. The highest BCUT2D eigenvalue weighted by Gasteiger charge is 2.10. The number of fused-ring (bicyclic) bond motifs is 2. The van der Waals surface area contributed by atoms with E-state index in [1.165, 1.54) is 12.1 Å². The number of rotatable bonds is 4. The third-order valence-corrected chi connectivity index (χ3v) is 3.89. The zero-order valence-electron chi connectivity index (χ0n) is 13.6. The minimum atomic E-state index is -0.107. The molecule has 0 saturated heterocycles. The number of aromatic nitrogens is 1. The van der Waals surface area contributed by atoms with Crippen molar-refractivity contribution in [2.45, 2.75) is 6.61 Å². The van der Waals surface area contributed by atoms with E-state index in [9.17, 15) is 4.79 Å². The van der Waals surface area contributed by atoms with Crippen LogP contribution in [0.3, 0.4) is 0 Å². The van der Waals surface area contributed by atoms with Crippen LogP contribution in [-0.4, -0.2) is 12.1 Å². The van der Waals surface area contributed by atoms with Gasteiger partial charge in [0.1, 0.15) is 29.3 Å². The summed E-state index contributed by atoms with van der Waals surface area (Å²) in [6.07, 6.45) is 0. The Balaban J connectivity index is 1.60. The highest BCUT2D eigenvalue weighted by atomic mass is 16.5. The Morgan fingerprint density at radius 1 is 0.960 bits per heavy atom. The van der Waals surface area contributed by atoms with Gasteiger partial charge in [0.2, 0.25) is 0 Å². The standard InChI is InChI=1S/C20H15NO4/c1-23-15-5-2-13(3-6-15)12-24-16-7-9-18-20(11-16)25-19-10-14(22)4-8-17(19)21-18/h2-11H,12H2,1H3. The smallest absolute Gasteiger partial charge is 0.182 e. The first-order valence-corrected chi connectivity index (χ1v) is 7.82. The van der Waals surface area contributed by atoms with Crippen LogP contribution < -0.4 is 14.9 Å². The van der Waals surface area contributed by atoms with E-state index in [1.54, 1.807) is 19.2 Å². The molecule has 25 heavy (non-hydrogen) atoms. The van der Waals surface area contributed by atoms with Gasteiger partial charge in [0.25, 0.3) is 0 Å². The van der Waals surface area contributed by atoms with Gasteiger partial charge in [0.05, 0.1) is 7.11 Å². The summed E-state index contributed by atoms with van der Waals surface area (Å²) in [7, 11) is 1.64. The molecule has 5 nitrogen and oxygen atoms in total. The van der Waals surface area contributed by atoms with Crippen molar-refractivity contribution < 1.29 is 13.9 Å². The SMILES string of the molecule is COc1ccc(COc2ccc3nc4ccc(=O)cc-4oc3c2)cc1. The van der Waals surface area contributed by atoms with Gasteiger partial charge in [0.15, 0.2) is 16.8 Å². The Hall–Kier alpha value is -3.34. The molecular formula is C20H15NO4. The minimum Gasteiger partial charge on any atom is -0.497 e. The second kappa shape index (κ2) is 6.28. The molecule has 0 unspecified atom stereocenters. The number of benzene rings is 3. The Labute approximate surface area is 143 Å². The Bertz CT molecular complexity index is 1050. The summed E-state index contributed by atoms with van der Waals surface area (Å²) >= 11 is 0. The monoisotopic (exact) mass is 333 g/mol. The Morgan fingerprint density at radius 2 is 1.76 bits per heavy atom. The van der Waals surface area contributed by atoms with Crippen molar-refractivity contribution in [2.24, 2.45) is 0 Å². The lowest BCUT2D eigenvalue weighted by Crippen LogP contribution is -1.99. The van der Waals surface area contributed by atoms with E-state index in [0.717, 1.165) is 11.3 Å². The lowest BCUT2D eigenvalue weighted by atomic mass is 10.2. The van der Waals surface area contributed by atoms with Crippen molar-refractivity contribution in [2.75, 3.05) is 7.11 Å². The maximum absolute atomic E-state index is 11.5. The van der Waals surface area contributed by atoms with Crippen LogP contribution in [0.25, 0.3) is 22.6 Å². The molecule has 1 heterocycles. The van der Waals surface area contributed by atoms with Crippen LogP contribution in [0.4, 0.5) is 0 Å². The molecule has 0 fully saturated rings. The zero-order chi connectivity index (χ0) is 17.2. The fourth-order valence-corrected chi connectivity index (χ4v) is 2.56. The summed E-state index contributed by atoms with van der Waals surface area (Å²) in [5, 5.41) is 0. The maximum Gasteiger partial charge on any atom is 0.182 e. The highest BCUT2D eigenvalue weighted by Crippen LogP contribution is 2.26. The zero-order valence-corrected chi connectivity index (χ0v) is 13.6. The fraction of sp³-hybridized carbons (Fsp3) is 0.100. The first-order chi connectivity index (χ1) is 12.2. The van der Waals surface area contributed by atoms with Gasteiger partial charge in [-0.2, -0.15) is 0 Å². The second-order valence-corrected chi connectivity index (χ2v) is 5.61. The van der Waals surface area contributed by atoms with Crippen molar-refractivity contribution in [3.63, 3.8) is 0 Å². The number of methoxy groups -OCH3 is 1. The number of hydrogen-bond acceptors (Lipinski definition) is 5. The van der Waals surface area contributed by atoms with Gasteiger partial charge in [-0.3, -0.25) is 4.79 Å².